The van der Waals surface area contributed by atoms with E-state index in [2.05, 4.69) is 19.9 Å². The lowest BCUT2D eigenvalue weighted by molar-refractivity contribution is 0.0332. The third-order valence-electron chi connectivity index (χ3n) is 8.62. The molecule has 3 aliphatic rings. The minimum absolute atomic E-state index is 0.0505. The van der Waals surface area contributed by atoms with Crippen LogP contribution in [0.1, 0.15) is 102 Å². The van der Waals surface area contributed by atoms with Crippen molar-refractivity contribution < 1.29 is 18.3 Å². The normalized spacial score (nSPS) is 32.0. The highest BCUT2D eigenvalue weighted by atomic mass is 19.2. The third-order valence-corrected chi connectivity index (χ3v) is 8.62. The summed E-state index contributed by atoms with van der Waals surface area (Å²) in [4.78, 5) is 0. The van der Waals surface area contributed by atoms with Crippen molar-refractivity contribution in [2.75, 3.05) is 13.2 Å². The molecule has 1 aromatic rings. The van der Waals surface area contributed by atoms with Gasteiger partial charge in [0.1, 0.15) is 0 Å². The lowest BCUT2D eigenvalue weighted by atomic mass is 9.80. The fraction of sp³-hybridized carbons (Fsp3) is 0.733. The van der Waals surface area contributed by atoms with Crippen LogP contribution in [0.2, 0.25) is 0 Å². The van der Waals surface area contributed by atoms with Crippen molar-refractivity contribution in [1.29, 1.82) is 0 Å². The fourth-order valence-corrected chi connectivity index (χ4v) is 6.20. The van der Waals surface area contributed by atoms with Crippen LogP contribution < -0.4 is 4.74 Å². The maximum Gasteiger partial charge on any atom is 0.200 e. The Morgan fingerprint density at radius 2 is 1.44 bits per heavy atom. The van der Waals surface area contributed by atoms with E-state index in [1.165, 1.54) is 51.4 Å². The molecule has 0 amide bonds. The number of hydrogen-bond donors (Lipinski definition) is 0. The summed E-state index contributed by atoms with van der Waals surface area (Å²) in [5.74, 6) is 1.16. The predicted octanol–water partition coefficient (Wildman–Crippen LogP) is 8.60. The van der Waals surface area contributed by atoms with Crippen LogP contribution in [0, 0.1) is 35.3 Å². The van der Waals surface area contributed by atoms with Gasteiger partial charge in [0.25, 0.3) is 0 Å². The van der Waals surface area contributed by atoms with E-state index in [9.17, 15) is 8.78 Å². The first-order valence-corrected chi connectivity index (χ1v) is 13.9. The SMILES string of the molecule is CCCC1CCC(COC2C=CC(c3ccc(OCC4CCC(C)CC4)c(F)c3F)CC2)CC1. The van der Waals surface area contributed by atoms with Crippen LogP contribution in [-0.2, 0) is 4.74 Å². The standard InChI is InChI=1S/C30H44F2O2/c1-3-4-22-9-11-24(12-10-22)19-33-26-15-13-25(14-16-26)27-17-18-28(30(32)29(27)31)34-20-23-7-5-21(2)6-8-23/h13,15,17-18,21-26H,3-12,14,16,19-20H2,1-2H3. The molecule has 2 fully saturated rings. The predicted molar refractivity (Wildman–Crippen MR) is 134 cm³/mol. The Balaban J connectivity index is 1.24. The molecule has 0 N–H and O–H groups in total. The first-order chi connectivity index (χ1) is 16.5. The number of hydrogen-bond acceptors (Lipinski definition) is 2. The molecule has 2 nitrogen and oxygen atoms in total. The topological polar surface area (TPSA) is 18.5 Å². The van der Waals surface area contributed by atoms with Gasteiger partial charge in [-0.2, -0.15) is 4.39 Å². The Bertz CT molecular complexity index is 791. The second-order valence-corrected chi connectivity index (χ2v) is 11.3. The van der Waals surface area contributed by atoms with E-state index in [0.717, 1.165) is 44.1 Å². The molecule has 2 saturated carbocycles. The second-order valence-electron chi connectivity index (χ2n) is 11.3. The Morgan fingerprint density at radius 3 is 2.12 bits per heavy atom. The summed E-state index contributed by atoms with van der Waals surface area (Å²) in [5, 5.41) is 0. The molecule has 0 aliphatic heterocycles. The highest BCUT2D eigenvalue weighted by molar-refractivity contribution is 5.35. The van der Waals surface area contributed by atoms with Gasteiger partial charge in [-0.05, 0) is 73.8 Å². The summed E-state index contributed by atoms with van der Waals surface area (Å²) in [6, 6.07) is 3.33. The van der Waals surface area contributed by atoms with Crippen molar-refractivity contribution in [1.82, 2.24) is 0 Å². The number of allylic oxidation sites excluding steroid dienone is 1. The average Bonchev–Trinajstić information content (AvgIpc) is 2.86. The molecule has 2 unspecified atom stereocenters. The van der Waals surface area contributed by atoms with E-state index in [1.54, 1.807) is 12.1 Å². The summed E-state index contributed by atoms with van der Waals surface area (Å²) in [6.07, 6.45) is 18.3. The summed E-state index contributed by atoms with van der Waals surface area (Å²) in [5.41, 5.74) is 0.431. The van der Waals surface area contributed by atoms with Gasteiger partial charge in [-0.25, -0.2) is 4.39 Å². The summed E-state index contributed by atoms with van der Waals surface area (Å²) >= 11 is 0. The monoisotopic (exact) mass is 474 g/mol. The van der Waals surface area contributed by atoms with Gasteiger partial charge in [-0.15, -0.1) is 0 Å². The largest absolute Gasteiger partial charge is 0.490 e. The minimum atomic E-state index is -0.841. The molecule has 4 rings (SSSR count). The minimum Gasteiger partial charge on any atom is -0.490 e. The maximum atomic E-state index is 14.9. The molecule has 3 aliphatic carbocycles. The van der Waals surface area contributed by atoms with Gasteiger partial charge in [-0.3, -0.25) is 0 Å². The first-order valence-electron chi connectivity index (χ1n) is 13.9. The number of rotatable bonds is 9. The zero-order chi connectivity index (χ0) is 23.9. The molecule has 1 aromatic carbocycles. The Kier molecular flexibility index (Phi) is 9.45. The average molecular weight is 475 g/mol. The lowest BCUT2D eigenvalue weighted by Gasteiger charge is -2.30. The first kappa shape index (κ1) is 25.7. The van der Waals surface area contributed by atoms with Gasteiger partial charge < -0.3 is 9.47 Å². The van der Waals surface area contributed by atoms with Gasteiger partial charge in [0.2, 0.25) is 5.82 Å². The quantitative estimate of drug-likeness (QED) is 0.334. The van der Waals surface area contributed by atoms with Crippen LogP contribution in [0.4, 0.5) is 8.78 Å². The van der Waals surface area contributed by atoms with Crippen molar-refractivity contribution in [2.45, 2.75) is 103 Å². The van der Waals surface area contributed by atoms with Crippen molar-refractivity contribution in [2.24, 2.45) is 23.7 Å². The highest BCUT2D eigenvalue weighted by Gasteiger charge is 2.26. The van der Waals surface area contributed by atoms with Crippen LogP contribution in [0.15, 0.2) is 24.3 Å². The van der Waals surface area contributed by atoms with E-state index in [0.29, 0.717) is 24.0 Å². The summed E-state index contributed by atoms with van der Waals surface area (Å²) in [7, 11) is 0. The van der Waals surface area contributed by atoms with E-state index >= 15 is 0 Å². The van der Waals surface area contributed by atoms with Crippen LogP contribution >= 0.6 is 0 Å². The van der Waals surface area contributed by atoms with Gasteiger partial charge in [0.05, 0.1) is 19.3 Å². The summed E-state index contributed by atoms with van der Waals surface area (Å²) in [6.45, 7) is 5.86. The Labute approximate surface area is 205 Å². The number of benzene rings is 1. The van der Waals surface area contributed by atoms with Crippen molar-refractivity contribution in [3.05, 3.63) is 41.5 Å². The molecule has 0 saturated heterocycles. The van der Waals surface area contributed by atoms with Crippen LogP contribution in [-0.4, -0.2) is 19.3 Å². The van der Waals surface area contributed by atoms with Gasteiger partial charge >= 0.3 is 0 Å². The van der Waals surface area contributed by atoms with E-state index in [-0.39, 0.29) is 17.8 Å². The molecule has 0 spiro atoms. The van der Waals surface area contributed by atoms with Gasteiger partial charge in [0, 0.05) is 5.92 Å². The zero-order valence-corrected chi connectivity index (χ0v) is 21.2. The van der Waals surface area contributed by atoms with Crippen molar-refractivity contribution in [3.63, 3.8) is 0 Å². The van der Waals surface area contributed by atoms with Crippen molar-refractivity contribution in [3.8, 4) is 5.75 Å². The number of ether oxygens (including phenoxy) is 2. The lowest BCUT2D eigenvalue weighted by Crippen LogP contribution is -2.23. The molecular weight excluding hydrogens is 430 g/mol. The Morgan fingerprint density at radius 1 is 0.765 bits per heavy atom. The zero-order valence-electron chi connectivity index (χ0n) is 21.2. The summed E-state index contributed by atoms with van der Waals surface area (Å²) < 4.78 is 41.6. The Hall–Kier alpha value is -1.42. The molecule has 2 atom stereocenters. The molecule has 0 bridgehead atoms. The van der Waals surface area contributed by atoms with E-state index in [4.69, 9.17) is 9.47 Å². The molecular formula is C30H44F2O2. The number of halogens is 2. The van der Waals surface area contributed by atoms with Crippen LogP contribution in [0.5, 0.6) is 5.75 Å². The maximum absolute atomic E-state index is 14.9. The van der Waals surface area contributed by atoms with Gasteiger partial charge in [0.15, 0.2) is 11.6 Å². The van der Waals surface area contributed by atoms with Crippen LogP contribution in [0.25, 0.3) is 0 Å². The van der Waals surface area contributed by atoms with E-state index < -0.39 is 11.6 Å². The molecule has 0 heterocycles. The molecule has 0 radical (unpaired) electrons. The molecule has 190 valence electrons. The van der Waals surface area contributed by atoms with Crippen LogP contribution in [0.3, 0.4) is 0 Å². The van der Waals surface area contributed by atoms with Crippen molar-refractivity contribution >= 4 is 0 Å². The van der Waals surface area contributed by atoms with Gasteiger partial charge in [-0.1, -0.05) is 70.6 Å². The molecule has 34 heavy (non-hydrogen) atoms. The highest BCUT2D eigenvalue weighted by Crippen LogP contribution is 2.36. The second kappa shape index (κ2) is 12.5. The fourth-order valence-electron chi connectivity index (χ4n) is 6.20. The van der Waals surface area contributed by atoms with E-state index in [1.807, 2.05) is 6.08 Å². The molecule has 4 heteroatoms. The third kappa shape index (κ3) is 6.83. The molecule has 0 aromatic heterocycles. The smallest absolute Gasteiger partial charge is 0.200 e.